The highest BCUT2D eigenvalue weighted by Crippen LogP contribution is 2.23. The number of para-hydroxylation sites is 2. The SMILES string of the molecule is COc1ccccc1NC(=S)NN=C1CCCC[C@H]1C. The van der Waals surface area contributed by atoms with Crippen LogP contribution in [-0.4, -0.2) is 17.9 Å². The summed E-state index contributed by atoms with van der Waals surface area (Å²) < 4.78 is 5.27. The molecule has 1 aliphatic carbocycles. The van der Waals surface area contributed by atoms with E-state index < -0.39 is 0 Å². The van der Waals surface area contributed by atoms with Crippen LogP contribution in [0.3, 0.4) is 0 Å². The van der Waals surface area contributed by atoms with E-state index in [0.717, 1.165) is 17.9 Å². The van der Waals surface area contributed by atoms with Crippen molar-refractivity contribution in [3.8, 4) is 5.75 Å². The zero-order valence-corrected chi connectivity index (χ0v) is 12.8. The number of benzene rings is 1. The summed E-state index contributed by atoms with van der Waals surface area (Å²) in [5.74, 6) is 1.31. The molecule has 108 valence electrons. The summed E-state index contributed by atoms with van der Waals surface area (Å²) in [5.41, 5.74) is 4.98. The molecule has 1 aromatic rings. The minimum Gasteiger partial charge on any atom is -0.495 e. The molecule has 0 aromatic heterocycles. The van der Waals surface area contributed by atoms with Crippen LogP contribution in [0.25, 0.3) is 0 Å². The molecule has 0 radical (unpaired) electrons. The Morgan fingerprint density at radius 1 is 1.35 bits per heavy atom. The Bertz CT molecular complexity index is 502. The molecule has 1 fully saturated rings. The van der Waals surface area contributed by atoms with E-state index in [-0.39, 0.29) is 0 Å². The lowest BCUT2D eigenvalue weighted by atomic mass is 9.89. The van der Waals surface area contributed by atoms with Crippen LogP contribution in [0.2, 0.25) is 0 Å². The molecule has 0 amide bonds. The first kappa shape index (κ1) is 14.8. The van der Waals surface area contributed by atoms with Crippen molar-refractivity contribution in [2.45, 2.75) is 32.6 Å². The minimum absolute atomic E-state index is 0.486. The number of nitrogens with zero attached hydrogens (tertiary/aromatic N) is 1. The molecular formula is C15H21N3OS. The van der Waals surface area contributed by atoms with E-state index in [0.29, 0.717) is 11.0 Å². The molecule has 4 nitrogen and oxygen atoms in total. The Morgan fingerprint density at radius 3 is 2.90 bits per heavy atom. The van der Waals surface area contributed by atoms with Crippen LogP contribution in [0.15, 0.2) is 29.4 Å². The van der Waals surface area contributed by atoms with Gasteiger partial charge >= 0.3 is 0 Å². The second-order valence-corrected chi connectivity index (χ2v) is 5.42. The van der Waals surface area contributed by atoms with Gasteiger partial charge in [0.2, 0.25) is 0 Å². The highest BCUT2D eigenvalue weighted by atomic mass is 32.1. The van der Waals surface area contributed by atoms with Gasteiger partial charge in [-0.05, 0) is 49.5 Å². The van der Waals surface area contributed by atoms with Crippen molar-refractivity contribution in [3.05, 3.63) is 24.3 Å². The van der Waals surface area contributed by atoms with Gasteiger partial charge in [-0.2, -0.15) is 5.10 Å². The van der Waals surface area contributed by atoms with Gasteiger partial charge in [0.15, 0.2) is 5.11 Å². The molecule has 2 N–H and O–H groups in total. The third-order valence-electron chi connectivity index (χ3n) is 3.55. The van der Waals surface area contributed by atoms with Crippen LogP contribution in [0.4, 0.5) is 5.69 Å². The lowest BCUT2D eigenvalue weighted by molar-refractivity contribution is 0.417. The topological polar surface area (TPSA) is 45.6 Å². The quantitative estimate of drug-likeness (QED) is 0.660. The van der Waals surface area contributed by atoms with Gasteiger partial charge in [-0.15, -0.1) is 0 Å². The van der Waals surface area contributed by atoms with Gasteiger partial charge in [-0.3, -0.25) is 5.43 Å². The fraction of sp³-hybridized carbons (Fsp3) is 0.467. The first-order chi connectivity index (χ1) is 9.70. The highest BCUT2D eigenvalue weighted by Gasteiger charge is 2.15. The summed E-state index contributed by atoms with van der Waals surface area (Å²) in [5, 5.41) is 8.03. The number of hydrogen-bond donors (Lipinski definition) is 2. The van der Waals surface area contributed by atoms with E-state index in [1.54, 1.807) is 7.11 Å². The van der Waals surface area contributed by atoms with Gasteiger partial charge in [0.25, 0.3) is 0 Å². The Labute approximate surface area is 125 Å². The third-order valence-corrected chi connectivity index (χ3v) is 3.74. The van der Waals surface area contributed by atoms with Gasteiger partial charge in [-0.25, -0.2) is 0 Å². The van der Waals surface area contributed by atoms with Gasteiger partial charge in [0.05, 0.1) is 12.8 Å². The minimum atomic E-state index is 0.486. The number of hydrazone groups is 1. The maximum atomic E-state index is 5.27. The summed E-state index contributed by atoms with van der Waals surface area (Å²) in [4.78, 5) is 0. The number of ether oxygens (including phenoxy) is 1. The van der Waals surface area contributed by atoms with Gasteiger partial charge < -0.3 is 10.1 Å². The van der Waals surface area contributed by atoms with Crippen molar-refractivity contribution in [2.24, 2.45) is 11.0 Å². The number of nitrogens with one attached hydrogen (secondary N) is 2. The maximum absolute atomic E-state index is 5.27. The Balaban J connectivity index is 1.94. The molecule has 20 heavy (non-hydrogen) atoms. The van der Waals surface area contributed by atoms with Gasteiger partial charge in [-0.1, -0.05) is 25.5 Å². The third kappa shape index (κ3) is 3.93. The molecule has 1 atom stereocenters. The maximum Gasteiger partial charge on any atom is 0.191 e. The van der Waals surface area contributed by atoms with Crippen molar-refractivity contribution >= 4 is 28.7 Å². The normalized spacial score (nSPS) is 20.5. The highest BCUT2D eigenvalue weighted by molar-refractivity contribution is 7.80. The number of anilines is 1. The van der Waals surface area contributed by atoms with Crippen LogP contribution in [0, 0.1) is 5.92 Å². The molecule has 1 aliphatic rings. The zero-order valence-electron chi connectivity index (χ0n) is 12.0. The summed E-state index contributed by atoms with van der Waals surface area (Å²) in [6.45, 7) is 2.22. The van der Waals surface area contributed by atoms with Crippen LogP contribution < -0.4 is 15.5 Å². The van der Waals surface area contributed by atoms with Crippen molar-refractivity contribution in [2.75, 3.05) is 12.4 Å². The van der Waals surface area contributed by atoms with E-state index in [1.165, 1.54) is 25.0 Å². The smallest absolute Gasteiger partial charge is 0.191 e. The Hall–Kier alpha value is -1.62. The lowest BCUT2D eigenvalue weighted by Gasteiger charge is -2.20. The first-order valence-corrected chi connectivity index (χ1v) is 7.38. The largest absolute Gasteiger partial charge is 0.495 e. The van der Waals surface area contributed by atoms with E-state index >= 15 is 0 Å². The number of rotatable bonds is 3. The summed E-state index contributed by atoms with van der Waals surface area (Å²) >= 11 is 5.27. The van der Waals surface area contributed by atoms with Crippen molar-refractivity contribution < 1.29 is 4.74 Å². The first-order valence-electron chi connectivity index (χ1n) is 6.97. The zero-order chi connectivity index (χ0) is 14.4. The van der Waals surface area contributed by atoms with Crippen LogP contribution in [-0.2, 0) is 0 Å². The molecule has 0 aliphatic heterocycles. The van der Waals surface area contributed by atoms with Crippen LogP contribution in [0.5, 0.6) is 5.75 Å². The molecule has 1 saturated carbocycles. The van der Waals surface area contributed by atoms with E-state index in [1.807, 2.05) is 24.3 Å². The van der Waals surface area contributed by atoms with Gasteiger partial charge in [0, 0.05) is 5.71 Å². The number of methoxy groups -OCH3 is 1. The second-order valence-electron chi connectivity index (χ2n) is 5.02. The molecule has 5 heteroatoms. The van der Waals surface area contributed by atoms with Crippen molar-refractivity contribution in [1.29, 1.82) is 0 Å². The van der Waals surface area contributed by atoms with Crippen LogP contribution >= 0.6 is 12.2 Å². The second kappa shape index (κ2) is 7.24. The molecule has 0 unspecified atom stereocenters. The Kier molecular flexibility index (Phi) is 5.35. The number of hydrogen-bond acceptors (Lipinski definition) is 3. The van der Waals surface area contributed by atoms with Crippen molar-refractivity contribution in [1.82, 2.24) is 5.43 Å². The van der Waals surface area contributed by atoms with E-state index in [9.17, 15) is 0 Å². The summed E-state index contributed by atoms with van der Waals surface area (Å²) in [6.07, 6.45) is 4.79. The van der Waals surface area contributed by atoms with Crippen molar-refractivity contribution in [3.63, 3.8) is 0 Å². The monoisotopic (exact) mass is 291 g/mol. The van der Waals surface area contributed by atoms with Gasteiger partial charge in [0.1, 0.15) is 5.75 Å². The molecule has 2 rings (SSSR count). The Morgan fingerprint density at radius 2 is 2.15 bits per heavy atom. The van der Waals surface area contributed by atoms with Crippen LogP contribution in [0.1, 0.15) is 32.6 Å². The molecule has 0 spiro atoms. The lowest BCUT2D eigenvalue weighted by Crippen LogP contribution is -2.27. The molecule has 1 aromatic carbocycles. The number of thiocarbonyl (C=S) groups is 1. The average Bonchev–Trinajstić information content (AvgIpc) is 2.47. The fourth-order valence-corrected chi connectivity index (χ4v) is 2.51. The molecule has 0 saturated heterocycles. The predicted molar refractivity (Wildman–Crippen MR) is 87.4 cm³/mol. The molecule has 0 heterocycles. The summed E-state index contributed by atoms with van der Waals surface area (Å²) in [6, 6.07) is 7.66. The van der Waals surface area contributed by atoms with E-state index in [2.05, 4.69) is 22.8 Å². The molecule has 0 bridgehead atoms. The standard InChI is InChI=1S/C15H21N3OS/c1-11-7-3-4-8-12(11)17-18-15(20)16-13-9-5-6-10-14(13)19-2/h5-6,9-11H,3-4,7-8H2,1-2H3,(H2,16,18,20)/t11-/m1/s1. The summed E-state index contributed by atoms with van der Waals surface area (Å²) in [7, 11) is 1.64. The van der Waals surface area contributed by atoms with E-state index in [4.69, 9.17) is 17.0 Å². The predicted octanol–water partition coefficient (Wildman–Crippen LogP) is 3.55. The fourth-order valence-electron chi connectivity index (χ4n) is 2.36. The average molecular weight is 291 g/mol. The molecular weight excluding hydrogens is 270 g/mol.